The lowest BCUT2D eigenvalue weighted by atomic mass is 10.1. The smallest absolute Gasteiger partial charge is 0.133 e. The molecule has 0 aliphatic heterocycles. The van der Waals surface area contributed by atoms with E-state index in [-0.39, 0.29) is 25.4 Å². The molecular weight excluding hydrogens is 272 g/mol. The van der Waals surface area contributed by atoms with E-state index in [1.807, 2.05) is 26.0 Å². The molecular formula is C16H22O5. The first kappa shape index (κ1) is 15.8. The van der Waals surface area contributed by atoms with Gasteiger partial charge in [0, 0.05) is 0 Å². The molecule has 5 heteroatoms. The fraction of sp³-hybridized carbons (Fsp3) is 0.500. The first-order valence-corrected chi connectivity index (χ1v) is 7.26. The fourth-order valence-corrected chi connectivity index (χ4v) is 2.23. The van der Waals surface area contributed by atoms with Crippen molar-refractivity contribution in [3.8, 4) is 0 Å². The van der Waals surface area contributed by atoms with Crippen molar-refractivity contribution in [2.45, 2.75) is 52.1 Å². The van der Waals surface area contributed by atoms with Crippen LogP contribution in [0.5, 0.6) is 0 Å². The van der Waals surface area contributed by atoms with Gasteiger partial charge in [0.25, 0.3) is 0 Å². The van der Waals surface area contributed by atoms with Crippen molar-refractivity contribution in [3.63, 3.8) is 0 Å². The molecule has 0 saturated carbocycles. The first-order chi connectivity index (χ1) is 10.2. The summed E-state index contributed by atoms with van der Waals surface area (Å²) in [6.45, 7) is 3.79. The summed E-state index contributed by atoms with van der Waals surface area (Å²) in [5, 5.41) is 18.1. The summed E-state index contributed by atoms with van der Waals surface area (Å²) >= 11 is 0. The van der Waals surface area contributed by atoms with Crippen LogP contribution in [0.1, 0.15) is 61.9 Å². The lowest BCUT2D eigenvalue weighted by Gasteiger charge is -2.20. The van der Waals surface area contributed by atoms with Gasteiger partial charge in [0.15, 0.2) is 0 Å². The molecule has 0 aromatic carbocycles. The molecule has 0 amide bonds. The van der Waals surface area contributed by atoms with E-state index >= 15 is 0 Å². The van der Waals surface area contributed by atoms with Gasteiger partial charge in [-0.05, 0) is 37.1 Å². The van der Waals surface area contributed by atoms with Crippen LogP contribution in [0.25, 0.3) is 0 Å². The van der Waals surface area contributed by atoms with Gasteiger partial charge in [0.05, 0.1) is 0 Å². The monoisotopic (exact) mass is 294 g/mol. The van der Waals surface area contributed by atoms with Crippen molar-refractivity contribution < 1.29 is 23.8 Å². The Morgan fingerprint density at radius 1 is 0.857 bits per heavy atom. The maximum Gasteiger partial charge on any atom is 0.133 e. The van der Waals surface area contributed by atoms with Crippen molar-refractivity contribution in [3.05, 3.63) is 47.3 Å². The minimum Gasteiger partial charge on any atom is -0.461 e. The van der Waals surface area contributed by atoms with Gasteiger partial charge in [0.2, 0.25) is 0 Å². The molecule has 0 aliphatic carbocycles. The summed E-state index contributed by atoms with van der Waals surface area (Å²) in [5.41, 5.74) is 0. The van der Waals surface area contributed by atoms with E-state index in [4.69, 9.17) is 23.8 Å². The summed E-state index contributed by atoms with van der Waals surface area (Å²) in [5.74, 6) is 2.46. The average molecular weight is 294 g/mol. The van der Waals surface area contributed by atoms with E-state index in [1.54, 1.807) is 12.1 Å². The quantitative estimate of drug-likeness (QED) is 0.779. The van der Waals surface area contributed by atoms with Crippen LogP contribution in [-0.2, 0) is 18.0 Å². The summed E-state index contributed by atoms with van der Waals surface area (Å²) in [4.78, 5) is 0. The number of aliphatic hydroxyl groups excluding tert-OH is 2. The molecule has 0 fully saturated rings. The van der Waals surface area contributed by atoms with Crippen molar-refractivity contribution in [1.29, 1.82) is 0 Å². The Balaban J connectivity index is 2.11. The normalized spacial score (nSPS) is 14.3. The lowest BCUT2D eigenvalue weighted by Crippen LogP contribution is -2.08. The molecule has 2 unspecified atom stereocenters. The average Bonchev–Trinajstić information content (AvgIpc) is 3.17. The Morgan fingerprint density at radius 3 is 1.57 bits per heavy atom. The van der Waals surface area contributed by atoms with Crippen LogP contribution >= 0.6 is 0 Å². The zero-order valence-electron chi connectivity index (χ0n) is 12.4. The van der Waals surface area contributed by atoms with Gasteiger partial charge in [-0.15, -0.1) is 0 Å². The van der Waals surface area contributed by atoms with E-state index in [9.17, 15) is 0 Å². The second kappa shape index (κ2) is 7.45. The number of rotatable bonds is 8. The number of ether oxygens (including phenoxy) is 1. The van der Waals surface area contributed by atoms with Crippen LogP contribution in [0.4, 0.5) is 0 Å². The fourth-order valence-electron chi connectivity index (χ4n) is 2.23. The highest BCUT2D eigenvalue weighted by atomic mass is 16.5. The van der Waals surface area contributed by atoms with E-state index < -0.39 is 0 Å². The highest BCUT2D eigenvalue weighted by Gasteiger charge is 2.22. The number of hydrogen-bond acceptors (Lipinski definition) is 5. The number of aliphatic hydroxyl groups is 2. The third-order valence-electron chi connectivity index (χ3n) is 3.38. The van der Waals surface area contributed by atoms with Gasteiger partial charge in [-0.25, -0.2) is 0 Å². The predicted molar refractivity (Wildman–Crippen MR) is 76.4 cm³/mol. The van der Waals surface area contributed by atoms with E-state index in [1.165, 1.54) is 0 Å². The summed E-state index contributed by atoms with van der Waals surface area (Å²) in [7, 11) is 0. The minimum absolute atomic E-state index is 0.119. The second-order valence-corrected chi connectivity index (χ2v) is 4.85. The van der Waals surface area contributed by atoms with Gasteiger partial charge in [-0.1, -0.05) is 13.8 Å². The maximum atomic E-state index is 9.07. The molecule has 2 rings (SSSR count). The first-order valence-electron chi connectivity index (χ1n) is 7.26. The van der Waals surface area contributed by atoms with Crippen molar-refractivity contribution >= 4 is 0 Å². The Labute approximate surface area is 124 Å². The van der Waals surface area contributed by atoms with Gasteiger partial charge < -0.3 is 23.8 Å². The second-order valence-electron chi connectivity index (χ2n) is 4.85. The number of hydrogen-bond donors (Lipinski definition) is 2. The number of furan rings is 2. The Morgan fingerprint density at radius 2 is 1.29 bits per heavy atom. The molecule has 0 spiro atoms. The van der Waals surface area contributed by atoms with Crippen LogP contribution in [-0.4, -0.2) is 10.2 Å². The predicted octanol–water partition coefficient (Wildman–Crippen LogP) is 3.48. The van der Waals surface area contributed by atoms with Gasteiger partial charge >= 0.3 is 0 Å². The van der Waals surface area contributed by atoms with Crippen LogP contribution in [0, 0.1) is 0 Å². The van der Waals surface area contributed by atoms with Crippen molar-refractivity contribution in [2.24, 2.45) is 0 Å². The third kappa shape index (κ3) is 3.75. The highest BCUT2D eigenvalue weighted by Crippen LogP contribution is 2.32. The molecule has 2 atom stereocenters. The third-order valence-corrected chi connectivity index (χ3v) is 3.38. The molecule has 0 saturated heterocycles. The summed E-state index contributed by atoms with van der Waals surface area (Å²) in [6, 6.07) is 7.15. The van der Waals surface area contributed by atoms with E-state index in [0.717, 1.165) is 12.8 Å². The Kier molecular flexibility index (Phi) is 5.61. The zero-order chi connectivity index (χ0) is 15.2. The highest BCUT2D eigenvalue weighted by molar-refractivity contribution is 5.11. The Hall–Kier alpha value is -1.56. The summed E-state index contributed by atoms with van der Waals surface area (Å²) in [6.07, 6.45) is 1.11. The van der Waals surface area contributed by atoms with E-state index in [0.29, 0.717) is 23.0 Å². The molecule has 116 valence electrons. The van der Waals surface area contributed by atoms with Crippen LogP contribution in [0.3, 0.4) is 0 Å². The van der Waals surface area contributed by atoms with Crippen LogP contribution < -0.4 is 0 Å². The van der Waals surface area contributed by atoms with Crippen LogP contribution in [0.15, 0.2) is 33.1 Å². The molecule has 2 N–H and O–H groups in total. The minimum atomic E-state index is -0.196. The van der Waals surface area contributed by atoms with Crippen molar-refractivity contribution in [1.82, 2.24) is 0 Å². The van der Waals surface area contributed by atoms with Gasteiger partial charge in [-0.3, -0.25) is 0 Å². The van der Waals surface area contributed by atoms with Crippen molar-refractivity contribution in [2.75, 3.05) is 0 Å². The molecule has 0 radical (unpaired) electrons. The zero-order valence-corrected chi connectivity index (χ0v) is 12.4. The van der Waals surface area contributed by atoms with E-state index in [2.05, 4.69) is 0 Å². The Bertz CT molecular complexity index is 494. The SMILES string of the molecule is CCC(OC(CC)c1ccc(CO)o1)c1ccc(CO)o1. The molecule has 2 aromatic rings. The molecule has 2 aromatic heterocycles. The molecule has 0 bridgehead atoms. The lowest BCUT2D eigenvalue weighted by molar-refractivity contribution is -0.0410. The maximum absolute atomic E-state index is 9.07. The van der Waals surface area contributed by atoms with Gasteiger partial charge in [-0.2, -0.15) is 0 Å². The summed E-state index contributed by atoms with van der Waals surface area (Å²) < 4.78 is 17.2. The van der Waals surface area contributed by atoms with Crippen LogP contribution in [0.2, 0.25) is 0 Å². The van der Waals surface area contributed by atoms with Gasteiger partial charge in [0.1, 0.15) is 48.5 Å². The standard InChI is InChI=1S/C16H22O5/c1-3-13(15-7-5-11(9-17)19-15)21-14(4-2)16-8-6-12(10-18)20-16/h5-8,13-14,17-18H,3-4,9-10H2,1-2H3. The largest absolute Gasteiger partial charge is 0.461 e. The molecule has 0 aliphatic rings. The topological polar surface area (TPSA) is 76.0 Å². The molecule has 2 heterocycles. The molecule has 5 nitrogen and oxygen atoms in total. The molecule has 21 heavy (non-hydrogen) atoms.